The van der Waals surface area contributed by atoms with Crippen LogP contribution in [-0.2, 0) is 6.42 Å². The molecule has 0 fully saturated rings. The third kappa shape index (κ3) is 5.79. The van der Waals surface area contributed by atoms with Crippen molar-refractivity contribution >= 4 is 11.8 Å². The van der Waals surface area contributed by atoms with Crippen molar-refractivity contribution in [1.29, 1.82) is 0 Å². The number of nitrogens with zero attached hydrogens (tertiary/aromatic N) is 2. The number of rotatable bonds is 8. The fraction of sp³-hybridized carbons (Fsp3) is 0.310. The second kappa shape index (κ2) is 10.3. The predicted molar refractivity (Wildman–Crippen MR) is 132 cm³/mol. The molecule has 0 aliphatic heterocycles. The van der Waals surface area contributed by atoms with Crippen LogP contribution in [0.15, 0.2) is 85.2 Å². The van der Waals surface area contributed by atoms with E-state index in [9.17, 15) is 0 Å². The van der Waals surface area contributed by atoms with Crippen molar-refractivity contribution in [3.8, 4) is 11.3 Å². The van der Waals surface area contributed by atoms with Crippen LogP contribution in [0.5, 0.6) is 0 Å². The van der Waals surface area contributed by atoms with Crippen LogP contribution in [-0.4, -0.2) is 4.98 Å². The summed E-state index contributed by atoms with van der Waals surface area (Å²) in [5.74, 6) is 0.359. The second-order valence-electron chi connectivity index (χ2n) is 8.89. The first kappa shape index (κ1) is 22.7. The Bertz CT molecular complexity index is 1050. The first-order valence-electron chi connectivity index (χ1n) is 11.3. The molecule has 0 saturated heterocycles. The van der Waals surface area contributed by atoms with E-state index in [2.05, 4.69) is 117 Å². The van der Waals surface area contributed by atoms with E-state index in [1.165, 1.54) is 22.4 Å². The fourth-order valence-corrected chi connectivity index (χ4v) is 3.90. The van der Waals surface area contributed by atoms with Gasteiger partial charge in [0.15, 0.2) is 12.4 Å². The zero-order chi connectivity index (χ0) is 22.3. The average Bonchev–Trinajstić information content (AvgIpc) is 2.78. The van der Waals surface area contributed by atoms with Crippen molar-refractivity contribution in [3.05, 3.63) is 96.5 Å². The minimum Gasteiger partial charge on any atom is -0.257 e. The van der Waals surface area contributed by atoms with Crippen LogP contribution >= 0.6 is 0 Å². The van der Waals surface area contributed by atoms with E-state index in [-0.39, 0.29) is 5.41 Å². The van der Waals surface area contributed by atoms with Gasteiger partial charge in [0.1, 0.15) is 0 Å². The lowest BCUT2D eigenvalue weighted by atomic mass is 9.78. The van der Waals surface area contributed by atoms with Gasteiger partial charge in [-0.05, 0) is 66.2 Å². The molecule has 0 radical (unpaired) electrons. The van der Waals surface area contributed by atoms with Crippen LogP contribution in [0.4, 0.5) is 0 Å². The van der Waals surface area contributed by atoms with Gasteiger partial charge in [-0.3, -0.25) is 4.98 Å². The molecule has 0 saturated carbocycles. The highest BCUT2D eigenvalue weighted by Crippen LogP contribution is 2.32. The number of pyridine rings is 2. The number of allylic oxidation sites excluding steroid dienone is 3. The third-order valence-corrected chi connectivity index (χ3v) is 6.07. The molecule has 2 aromatic heterocycles. The van der Waals surface area contributed by atoms with Crippen LogP contribution in [0, 0.1) is 11.3 Å². The zero-order valence-corrected chi connectivity index (χ0v) is 19.5. The van der Waals surface area contributed by atoms with E-state index in [0.717, 1.165) is 18.5 Å². The van der Waals surface area contributed by atoms with Gasteiger partial charge >= 0.3 is 0 Å². The molecule has 0 bridgehead atoms. The van der Waals surface area contributed by atoms with Gasteiger partial charge in [-0.15, -0.1) is 0 Å². The molecule has 2 heteroatoms. The fourth-order valence-electron chi connectivity index (χ4n) is 3.90. The van der Waals surface area contributed by atoms with Crippen molar-refractivity contribution in [2.75, 3.05) is 0 Å². The molecule has 1 atom stereocenters. The quantitative estimate of drug-likeness (QED) is 0.357. The molecule has 0 aliphatic rings. The van der Waals surface area contributed by atoms with Crippen LogP contribution in [0.25, 0.3) is 23.0 Å². The third-order valence-electron chi connectivity index (χ3n) is 6.07. The Kier molecular flexibility index (Phi) is 7.57. The first-order chi connectivity index (χ1) is 14.9. The monoisotopic (exact) mass is 411 g/mol. The van der Waals surface area contributed by atoms with E-state index in [0.29, 0.717) is 5.92 Å². The molecule has 0 spiro atoms. The van der Waals surface area contributed by atoms with E-state index in [4.69, 9.17) is 0 Å². The standard InChI is InChI=1S/C29H35N2/c1-6-13-25-14-7-8-15-26(25)28-17-10-12-20-31(28)21-18-24(3)29(4,5)22-23(2)27-16-9-11-19-30-27/h7-12,14-22,24H,6,13H2,1-5H3/q+1/b21-18+,23-22+/t24-/m1/s1. The number of benzene rings is 1. The minimum absolute atomic E-state index is 0.00766. The predicted octanol–water partition coefficient (Wildman–Crippen LogP) is 7.23. The highest BCUT2D eigenvalue weighted by molar-refractivity contribution is 5.62. The molecule has 31 heavy (non-hydrogen) atoms. The number of aryl methyl sites for hydroxylation is 1. The Hall–Kier alpha value is -3.00. The second-order valence-corrected chi connectivity index (χ2v) is 8.89. The normalized spacial score (nSPS) is 13.5. The Labute approximate surface area is 188 Å². The number of aromatic nitrogens is 2. The summed E-state index contributed by atoms with van der Waals surface area (Å²) < 4.78 is 2.25. The Morgan fingerprint density at radius 3 is 2.52 bits per heavy atom. The van der Waals surface area contributed by atoms with Crippen LogP contribution in [0.3, 0.4) is 0 Å². The van der Waals surface area contributed by atoms with Gasteiger partial charge in [-0.1, -0.05) is 64.5 Å². The topological polar surface area (TPSA) is 16.8 Å². The maximum Gasteiger partial charge on any atom is 0.218 e. The van der Waals surface area contributed by atoms with E-state index in [1.54, 1.807) is 0 Å². The number of hydrogen-bond donors (Lipinski definition) is 0. The van der Waals surface area contributed by atoms with Gasteiger partial charge in [-0.25, -0.2) is 0 Å². The van der Waals surface area contributed by atoms with Crippen LogP contribution < -0.4 is 4.57 Å². The number of hydrogen-bond acceptors (Lipinski definition) is 1. The van der Waals surface area contributed by atoms with Gasteiger partial charge in [-0.2, -0.15) is 4.57 Å². The van der Waals surface area contributed by atoms with Crippen molar-refractivity contribution in [1.82, 2.24) is 4.98 Å². The van der Waals surface area contributed by atoms with Gasteiger partial charge in [0.05, 0.1) is 5.69 Å². The Morgan fingerprint density at radius 1 is 1.03 bits per heavy atom. The molecule has 160 valence electrons. The van der Waals surface area contributed by atoms with Crippen LogP contribution in [0.1, 0.15) is 52.3 Å². The molecule has 3 aromatic rings. The lowest BCUT2D eigenvalue weighted by Crippen LogP contribution is -2.29. The van der Waals surface area contributed by atoms with Gasteiger partial charge in [0.25, 0.3) is 0 Å². The van der Waals surface area contributed by atoms with Gasteiger partial charge in [0.2, 0.25) is 5.69 Å². The van der Waals surface area contributed by atoms with Crippen molar-refractivity contribution < 1.29 is 4.57 Å². The first-order valence-corrected chi connectivity index (χ1v) is 11.3. The lowest BCUT2D eigenvalue weighted by molar-refractivity contribution is -0.556. The molecule has 0 unspecified atom stereocenters. The largest absolute Gasteiger partial charge is 0.257 e. The van der Waals surface area contributed by atoms with Crippen LogP contribution in [0.2, 0.25) is 0 Å². The smallest absolute Gasteiger partial charge is 0.218 e. The average molecular weight is 412 g/mol. The highest BCUT2D eigenvalue weighted by atomic mass is 14.9. The highest BCUT2D eigenvalue weighted by Gasteiger charge is 2.23. The molecule has 0 N–H and O–H groups in total. The summed E-state index contributed by atoms with van der Waals surface area (Å²) >= 11 is 0. The van der Waals surface area contributed by atoms with Crippen molar-refractivity contribution in [2.45, 2.75) is 47.5 Å². The minimum atomic E-state index is 0.00766. The molecular weight excluding hydrogens is 376 g/mol. The summed E-state index contributed by atoms with van der Waals surface area (Å²) in [5, 5.41) is 0. The summed E-state index contributed by atoms with van der Waals surface area (Å²) in [4.78, 5) is 4.49. The van der Waals surface area contributed by atoms with E-state index < -0.39 is 0 Å². The molecule has 2 heterocycles. The van der Waals surface area contributed by atoms with E-state index >= 15 is 0 Å². The summed E-state index contributed by atoms with van der Waals surface area (Å²) in [6.07, 6.45) is 13.1. The molecular formula is C29H35N2+. The summed E-state index contributed by atoms with van der Waals surface area (Å²) in [6.45, 7) is 11.3. The van der Waals surface area contributed by atoms with E-state index in [1.807, 2.05) is 18.3 Å². The van der Waals surface area contributed by atoms with Gasteiger partial charge in [0, 0.05) is 23.9 Å². The summed E-state index contributed by atoms with van der Waals surface area (Å²) in [5.41, 5.74) is 6.21. The van der Waals surface area contributed by atoms with Crippen molar-refractivity contribution in [2.24, 2.45) is 11.3 Å². The Morgan fingerprint density at radius 2 is 1.77 bits per heavy atom. The maximum absolute atomic E-state index is 4.49. The van der Waals surface area contributed by atoms with Gasteiger partial charge < -0.3 is 0 Å². The molecule has 3 rings (SSSR count). The molecule has 1 aromatic carbocycles. The maximum atomic E-state index is 4.49. The lowest BCUT2D eigenvalue weighted by Gasteiger charge is -2.26. The Balaban J connectivity index is 1.87. The molecule has 2 nitrogen and oxygen atoms in total. The van der Waals surface area contributed by atoms with Crippen molar-refractivity contribution in [3.63, 3.8) is 0 Å². The summed E-state index contributed by atoms with van der Waals surface area (Å²) in [6, 6.07) is 21.2. The zero-order valence-electron chi connectivity index (χ0n) is 19.5. The molecule has 0 aliphatic carbocycles. The SMILES string of the molecule is CCCc1ccccc1-c1cccc[n+]1/C=C/[C@@H](C)C(C)(C)/C=C(\C)c1ccccn1. The molecule has 0 amide bonds. The summed E-state index contributed by atoms with van der Waals surface area (Å²) in [7, 11) is 0.